The maximum atomic E-state index is 10.3. The van der Waals surface area contributed by atoms with Crippen LogP contribution in [0.4, 0.5) is 34.1 Å². The van der Waals surface area contributed by atoms with Gasteiger partial charge in [-0.2, -0.15) is 10.5 Å². The Morgan fingerprint density at radius 1 is 0.429 bits per heavy atom. The van der Waals surface area contributed by atoms with Crippen molar-refractivity contribution in [3.63, 3.8) is 0 Å². The van der Waals surface area contributed by atoms with Gasteiger partial charge in [0.1, 0.15) is 0 Å². The SMILES string of the molecule is N#Cc1cccc(-c2c(N3c4ccccc4Oc4ccccc43)cc(N3c4ccccc4Oc4ccccc43)c(-c3cccc(C#N)c3)c2C2CCCCC2)c1. The van der Waals surface area contributed by atoms with E-state index in [1.54, 1.807) is 0 Å². The van der Waals surface area contributed by atoms with Crippen molar-refractivity contribution < 1.29 is 9.47 Å². The summed E-state index contributed by atoms with van der Waals surface area (Å²) in [5, 5.41) is 20.5. The molecule has 0 unspecified atom stereocenters. The first-order valence-corrected chi connectivity index (χ1v) is 19.2. The fourth-order valence-electron chi connectivity index (χ4n) is 8.85. The van der Waals surface area contributed by atoms with Crippen molar-refractivity contribution in [2.24, 2.45) is 0 Å². The largest absolute Gasteiger partial charge is 0.453 e. The predicted molar refractivity (Wildman–Crippen MR) is 222 cm³/mol. The van der Waals surface area contributed by atoms with Gasteiger partial charge in [-0.1, -0.05) is 92.1 Å². The van der Waals surface area contributed by atoms with Gasteiger partial charge >= 0.3 is 0 Å². The number of hydrogen-bond acceptors (Lipinski definition) is 6. The van der Waals surface area contributed by atoms with E-state index in [2.05, 4.69) is 88.7 Å². The molecule has 268 valence electrons. The molecule has 2 aliphatic heterocycles. The van der Waals surface area contributed by atoms with Crippen LogP contribution in [0.25, 0.3) is 22.3 Å². The van der Waals surface area contributed by atoms with E-state index in [1.807, 2.05) is 84.9 Å². The molecule has 0 amide bonds. The third-order valence-electron chi connectivity index (χ3n) is 11.2. The van der Waals surface area contributed by atoms with Gasteiger partial charge in [0.05, 0.1) is 57.4 Å². The molecule has 0 saturated heterocycles. The normalized spacial score (nSPS) is 14.2. The predicted octanol–water partition coefficient (Wildman–Crippen LogP) is 14.0. The summed E-state index contributed by atoms with van der Waals surface area (Å²) >= 11 is 0. The van der Waals surface area contributed by atoms with Crippen LogP contribution in [0.15, 0.2) is 152 Å². The first-order chi connectivity index (χ1) is 27.7. The van der Waals surface area contributed by atoms with Crippen molar-refractivity contribution in [2.75, 3.05) is 9.80 Å². The zero-order valence-corrected chi connectivity index (χ0v) is 30.7. The molecule has 7 aromatic carbocycles. The maximum Gasteiger partial charge on any atom is 0.151 e. The molecule has 0 N–H and O–H groups in total. The Bertz CT molecular complexity index is 2490. The van der Waals surface area contributed by atoms with Gasteiger partial charge in [0.2, 0.25) is 0 Å². The van der Waals surface area contributed by atoms with E-state index in [9.17, 15) is 10.5 Å². The number of benzene rings is 7. The Morgan fingerprint density at radius 2 is 0.821 bits per heavy atom. The highest BCUT2D eigenvalue weighted by molar-refractivity contribution is 6.04. The summed E-state index contributed by atoms with van der Waals surface area (Å²) in [4.78, 5) is 4.68. The molecule has 0 aromatic heterocycles. The molecule has 3 aliphatic rings. The van der Waals surface area contributed by atoms with Crippen LogP contribution in [-0.4, -0.2) is 0 Å². The Hall–Kier alpha value is -7.28. The molecule has 0 bridgehead atoms. The number of ether oxygens (including phenoxy) is 2. The summed E-state index contributed by atoms with van der Waals surface area (Å²) in [6.45, 7) is 0. The van der Waals surface area contributed by atoms with E-state index < -0.39 is 0 Å². The molecule has 2 heterocycles. The summed E-state index contributed by atoms with van der Waals surface area (Å²) in [5.41, 5.74) is 12.1. The molecular weight excluding hydrogens is 689 g/mol. The van der Waals surface area contributed by atoms with Crippen LogP contribution in [0, 0.1) is 22.7 Å². The quantitative estimate of drug-likeness (QED) is 0.176. The fourth-order valence-corrected chi connectivity index (χ4v) is 8.85. The summed E-state index contributed by atoms with van der Waals surface area (Å²) in [6, 6.07) is 56.0. The number of rotatable bonds is 5. The molecule has 6 heteroatoms. The number of fused-ring (bicyclic) bond motifs is 4. The third-order valence-corrected chi connectivity index (χ3v) is 11.2. The van der Waals surface area contributed by atoms with Crippen LogP contribution in [0.1, 0.15) is 54.7 Å². The molecule has 10 rings (SSSR count). The second kappa shape index (κ2) is 13.9. The second-order valence-corrected chi connectivity index (χ2v) is 14.5. The van der Waals surface area contributed by atoms with Crippen molar-refractivity contribution in [1.82, 2.24) is 0 Å². The molecule has 0 spiro atoms. The van der Waals surface area contributed by atoms with Gasteiger partial charge in [0, 0.05) is 11.1 Å². The maximum absolute atomic E-state index is 10.3. The minimum absolute atomic E-state index is 0.196. The lowest BCUT2D eigenvalue weighted by molar-refractivity contribution is 0.445. The Morgan fingerprint density at radius 3 is 1.21 bits per heavy atom. The van der Waals surface area contributed by atoms with Crippen molar-refractivity contribution in [3.05, 3.63) is 168 Å². The topological polar surface area (TPSA) is 72.5 Å². The van der Waals surface area contributed by atoms with Gasteiger partial charge < -0.3 is 19.3 Å². The summed E-state index contributed by atoms with van der Waals surface area (Å²) in [5.74, 6) is 3.24. The highest BCUT2D eigenvalue weighted by atomic mass is 16.5. The van der Waals surface area contributed by atoms with Crippen LogP contribution in [0.5, 0.6) is 23.0 Å². The lowest BCUT2D eigenvalue weighted by atomic mass is 9.75. The number of hydrogen-bond donors (Lipinski definition) is 0. The second-order valence-electron chi connectivity index (χ2n) is 14.5. The van der Waals surface area contributed by atoms with Crippen LogP contribution in [0.3, 0.4) is 0 Å². The number of para-hydroxylation sites is 8. The summed E-state index contributed by atoms with van der Waals surface area (Å²) in [6.07, 6.45) is 5.46. The van der Waals surface area contributed by atoms with E-state index in [1.165, 1.54) is 12.0 Å². The Balaban J connectivity index is 1.42. The minimum Gasteiger partial charge on any atom is -0.453 e. The van der Waals surface area contributed by atoms with E-state index >= 15 is 0 Å². The van der Waals surface area contributed by atoms with E-state index in [0.29, 0.717) is 11.1 Å². The molecule has 56 heavy (non-hydrogen) atoms. The van der Waals surface area contributed by atoms with E-state index in [4.69, 9.17) is 9.47 Å². The molecule has 6 nitrogen and oxygen atoms in total. The zero-order chi connectivity index (χ0) is 37.6. The van der Waals surface area contributed by atoms with Crippen molar-refractivity contribution >= 4 is 34.1 Å². The van der Waals surface area contributed by atoms with Gasteiger partial charge in [-0.05, 0) is 114 Å². The summed E-state index contributed by atoms with van der Waals surface area (Å²) < 4.78 is 13.1. The lowest BCUT2D eigenvalue weighted by Gasteiger charge is -2.40. The van der Waals surface area contributed by atoms with Crippen LogP contribution in [0.2, 0.25) is 0 Å². The molecule has 0 atom stereocenters. The molecular formula is C50H36N4O2. The number of nitrogens with zero attached hydrogens (tertiary/aromatic N) is 4. The molecule has 0 radical (unpaired) electrons. The average Bonchev–Trinajstić information content (AvgIpc) is 3.27. The zero-order valence-electron chi connectivity index (χ0n) is 30.7. The fraction of sp³-hybridized carbons (Fsp3) is 0.120. The van der Waals surface area contributed by atoms with Crippen LogP contribution in [-0.2, 0) is 0 Å². The summed E-state index contributed by atoms with van der Waals surface area (Å²) in [7, 11) is 0. The molecule has 7 aromatic rings. The van der Waals surface area contributed by atoms with Crippen molar-refractivity contribution in [1.29, 1.82) is 10.5 Å². The van der Waals surface area contributed by atoms with Gasteiger partial charge in [-0.15, -0.1) is 0 Å². The molecule has 1 saturated carbocycles. The molecule has 1 fully saturated rings. The first-order valence-electron chi connectivity index (χ1n) is 19.2. The third kappa shape index (κ3) is 5.54. The van der Waals surface area contributed by atoms with Gasteiger partial charge in [0.15, 0.2) is 23.0 Å². The van der Waals surface area contributed by atoms with Crippen molar-refractivity contribution in [2.45, 2.75) is 38.0 Å². The monoisotopic (exact) mass is 724 g/mol. The minimum atomic E-state index is 0.196. The average molecular weight is 725 g/mol. The van der Waals surface area contributed by atoms with Crippen molar-refractivity contribution in [3.8, 4) is 57.4 Å². The molecule has 1 aliphatic carbocycles. The van der Waals surface area contributed by atoms with E-state index in [-0.39, 0.29) is 5.92 Å². The highest BCUT2D eigenvalue weighted by Crippen LogP contribution is 2.60. The Kier molecular flexibility index (Phi) is 8.24. The lowest BCUT2D eigenvalue weighted by Crippen LogP contribution is -2.22. The number of nitriles is 2. The van der Waals surface area contributed by atoms with Gasteiger partial charge in [-0.3, -0.25) is 0 Å². The van der Waals surface area contributed by atoms with E-state index in [0.717, 1.165) is 105 Å². The first kappa shape index (κ1) is 33.3. The highest BCUT2D eigenvalue weighted by Gasteiger charge is 2.36. The Labute approximate surface area is 326 Å². The smallest absolute Gasteiger partial charge is 0.151 e. The number of anilines is 6. The standard InChI is InChI=1S/C50H36N4O2/c51-31-33-14-12-18-36(28-33)48-42(53-38-20-4-8-24-44(38)55-45-25-9-5-21-39(45)53)30-43(54-40-22-6-10-26-46(40)56-47-27-11-7-23-41(47)54)49(37-19-13-15-34(29-37)32-52)50(48)35-16-2-1-3-17-35/h4-15,18-30,35H,1-3,16-17H2. The van der Waals surface area contributed by atoms with Gasteiger partial charge in [-0.25, -0.2) is 0 Å². The van der Waals surface area contributed by atoms with Crippen LogP contribution >= 0.6 is 0 Å². The van der Waals surface area contributed by atoms with Gasteiger partial charge in [0.25, 0.3) is 0 Å². The van der Waals surface area contributed by atoms with Crippen LogP contribution < -0.4 is 19.3 Å².